The SMILES string of the molecule is CC(C)(C)c1ccc(N2c3cc(N(c4ccccc4)c4ccccc4)cc4c3B(c3c2ccc2sc5ccccc5c32)n2c3oc5ccccc5c3c3cccc-4c32)c(-c2ccccc2)c1. The molecule has 312 valence electrons. The molecule has 0 atom stereocenters. The van der Waals surface area contributed by atoms with Gasteiger partial charge in [0.05, 0.1) is 11.1 Å². The summed E-state index contributed by atoms with van der Waals surface area (Å²) in [6, 6.07) is 73.9. The van der Waals surface area contributed by atoms with Gasteiger partial charge in [-0.1, -0.05) is 148 Å². The number of fused-ring (bicyclic) bond motifs is 13. The zero-order valence-electron chi connectivity index (χ0n) is 36.8. The Morgan fingerprint density at radius 1 is 0.485 bits per heavy atom. The minimum absolute atomic E-state index is 0.0544. The average molecular weight is 864 g/mol. The lowest BCUT2D eigenvalue weighted by atomic mass is 9.44. The van der Waals surface area contributed by atoms with Crippen LogP contribution in [0.25, 0.3) is 75.4 Å². The standard InChI is InChI=1S/C60H42BN3OS/c1-60(2,3)38-30-31-48(46(34-38)37-18-7-4-8-19-37)63-49-32-33-53-55(44-25-14-16-29-52(44)66-53)57(49)61-56-47(35-41(36-50(56)63)62(39-20-9-5-10-21-39)40-22-11-6-12-23-40)42-26-17-27-45-54-43-24-13-15-28-51(43)65-59(54)64(61)58(42)45/h4-36H,1-3H3. The minimum Gasteiger partial charge on any atom is -0.441 e. The van der Waals surface area contributed by atoms with E-state index in [1.165, 1.54) is 80.9 Å². The van der Waals surface area contributed by atoms with Gasteiger partial charge in [0.2, 0.25) is 0 Å². The van der Waals surface area contributed by atoms with Crippen LogP contribution >= 0.6 is 11.3 Å². The summed E-state index contributed by atoms with van der Waals surface area (Å²) < 4.78 is 12.3. The summed E-state index contributed by atoms with van der Waals surface area (Å²) in [5.41, 5.74) is 18.4. The van der Waals surface area contributed by atoms with E-state index in [9.17, 15) is 0 Å². The first-order chi connectivity index (χ1) is 32.4. The lowest BCUT2D eigenvalue weighted by Gasteiger charge is -2.42. The van der Waals surface area contributed by atoms with Crippen LogP contribution in [-0.2, 0) is 5.41 Å². The smallest absolute Gasteiger partial charge is 0.336 e. The van der Waals surface area contributed by atoms with Crippen molar-refractivity contribution in [3.8, 4) is 22.3 Å². The van der Waals surface area contributed by atoms with Crippen LogP contribution in [0.5, 0.6) is 0 Å². The van der Waals surface area contributed by atoms with Crippen LogP contribution < -0.4 is 20.7 Å². The van der Waals surface area contributed by atoms with Crippen molar-refractivity contribution in [3.63, 3.8) is 0 Å². The molecule has 0 amide bonds. The molecule has 0 aliphatic carbocycles. The lowest BCUT2D eigenvalue weighted by Crippen LogP contribution is -2.57. The summed E-state index contributed by atoms with van der Waals surface area (Å²) in [5, 5.41) is 6.11. The third kappa shape index (κ3) is 5.27. The normalized spacial score (nSPS) is 13.0. The molecule has 9 aromatic carbocycles. The molecule has 12 aromatic rings. The molecule has 3 aromatic heterocycles. The van der Waals surface area contributed by atoms with E-state index >= 15 is 0 Å². The van der Waals surface area contributed by atoms with Crippen molar-refractivity contribution < 1.29 is 4.42 Å². The van der Waals surface area contributed by atoms with E-state index in [-0.39, 0.29) is 12.3 Å². The molecule has 0 unspecified atom stereocenters. The average Bonchev–Trinajstić information content (AvgIpc) is 4.03. The van der Waals surface area contributed by atoms with Crippen LogP contribution in [0.15, 0.2) is 205 Å². The Morgan fingerprint density at radius 3 is 1.91 bits per heavy atom. The van der Waals surface area contributed by atoms with Gasteiger partial charge < -0.3 is 18.7 Å². The molecule has 2 aliphatic rings. The number of benzene rings is 9. The van der Waals surface area contributed by atoms with Gasteiger partial charge in [-0.3, -0.25) is 0 Å². The Kier molecular flexibility index (Phi) is 7.89. The molecule has 0 N–H and O–H groups in total. The number of nitrogens with zero attached hydrogens (tertiary/aromatic N) is 3. The Labute approximate surface area is 387 Å². The van der Waals surface area contributed by atoms with E-state index in [4.69, 9.17) is 4.42 Å². The van der Waals surface area contributed by atoms with Gasteiger partial charge in [0.15, 0.2) is 5.71 Å². The van der Waals surface area contributed by atoms with E-state index in [1.54, 1.807) is 0 Å². The molecule has 2 aliphatic heterocycles. The van der Waals surface area contributed by atoms with Gasteiger partial charge in [-0.15, -0.1) is 11.3 Å². The van der Waals surface area contributed by atoms with Crippen molar-refractivity contribution in [1.82, 2.24) is 4.48 Å². The van der Waals surface area contributed by atoms with Crippen LogP contribution in [0.3, 0.4) is 0 Å². The molecule has 6 heteroatoms. The number of furan rings is 1. The highest BCUT2D eigenvalue weighted by molar-refractivity contribution is 7.26. The first-order valence-electron chi connectivity index (χ1n) is 22.9. The maximum atomic E-state index is 7.11. The maximum absolute atomic E-state index is 7.11. The fourth-order valence-electron chi connectivity index (χ4n) is 11.2. The topological polar surface area (TPSA) is 24.6 Å². The maximum Gasteiger partial charge on any atom is 0.336 e. The second kappa shape index (κ2) is 13.9. The van der Waals surface area contributed by atoms with Crippen LogP contribution in [-0.4, -0.2) is 11.3 Å². The highest BCUT2D eigenvalue weighted by Crippen LogP contribution is 2.52. The van der Waals surface area contributed by atoms with Gasteiger partial charge in [0, 0.05) is 65.3 Å². The predicted molar refractivity (Wildman–Crippen MR) is 281 cm³/mol. The molecular weight excluding hydrogens is 822 g/mol. The zero-order valence-corrected chi connectivity index (χ0v) is 37.6. The van der Waals surface area contributed by atoms with Crippen LogP contribution in [0.2, 0.25) is 0 Å². The van der Waals surface area contributed by atoms with Crippen molar-refractivity contribution in [2.24, 2.45) is 0 Å². The molecule has 66 heavy (non-hydrogen) atoms. The molecule has 4 nitrogen and oxygen atoms in total. The Balaban J connectivity index is 1.19. The molecule has 0 spiro atoms. The first-order valence-corrected chi connectivity index (χ1v) is 23.7. The van der Waals surface area contributed by atoms with Crippen LogP contribution in [0.1, 0.15) is 26.3 Å². The van der Waals surface area contributed by atoms with Crippen molar-refractivity contribution >= 4 is 116 Å². The second-order valence-electron chi connectivity index (χ2n) is 18.8. The Hall–Kier alpha value is -7.80. The number of thiophene rings is 1. The molecule has 0 radical (unpaired) electrons. The molecule has 0 saturated carbocycles. The van der Waals surface area contributed by atoms with Gasteiger partial charge in [0.1, 0.15) is 5.58 Å². The van der Waals surface area contributed by atoms with E-state index in [0.29, 0.717) is 0 Å². The monoisotopic (exact) mass is 863 g/mol. The summed E-state index contributed by atoms with van der Waals surface area (Å²) in [5.74, 6) is 0. The first kappa shape index (κ1) is 37.6. The summed E-state index contributed by atoms with van der Waals surface area (Å²) in [6.45, 7) is 6.73. The Bertz CT molecular complexity index is 3900. The van der Waals surface area contributed by atoms with Crippen molar-refractivity contribution in [2.75, 3.05) is 9.80 Å². The third-order valence-electron chi connectivity index (χ3n) is 14.1. The number of hydrogen-bond donors (Lipinski definition) is 0. The summed E-state index contributed by atoms with van der Waals surface area (Å²) >= 11 is 1.88. The van der Waals surface area contributed by atoms with Gasteiger partial charge in [-0.25, -0.2) is 0 Å². The van der Waals surface area contributed by atoms with Gasteiger partial charge >= 0.3 is 6.85 Å². The minimum atomic E-state index is -0.205. The van der Waals surface area contributed by atoms with E-state index < -0.39 is 0 Å². The molecular formula is C60H42BN3OS. The van der Waals surface area contributed by atoms with Gasteiger partial charge in [-0.2, -0.15) is 0 Å². The molecule has 0 bridgehead atoms. The van der Waals surface area contributed by atoms with Gasteiger partial charge in [-0.05, 0) is 117 Å². The van der Waals surface area contributed by atoms with Crippen LogP contribution in [0.4, 0.5) is 34.1 Å². The number of aromatic nitrogens is 1. The predicted octanol–water partition coefficient (Wildman–Crippen LogP) is 15.8. The van der Waals surface area contributed by atoms with E-state index in [0.717, 1.165) is 45.1 Å². The van der Waals surface area contributed by atoms with Crippen molar-refractivity contribution in [3.05, 3.63) is 206 Å². The van der Waals surface area contributed by atoms with Crippen molar-refractivity contribution in [2.45, 2.75) is 26.2 Å². The molecule has 5 heterocycles. The summed E-state index contributed by atoms with van der Waals surface area (Å²) in [6.07, 6.45) is 0. The van der Waals surface area contributed by atoms with Crippen LogP contribution in [0, 0.1) is 0 Å². The fourth-order valence-corrected chi connectivity index (χ4v) is 12.3. The highest BCUT2D eigenvalue weighted by Gasteiger charge is 2.46. The zero-order chi connectivity index (χ0) is 43.8. The number of hydrogen-bond acceptors (Lipinski definition) is 4. The van der Waals surface area contributed by atoms with E-state index in [1.807, 2.05) is 11.3 Å². The van der Waals surface area contributed by atoms with Gasteiger partial charge in [0.25, 0.3) is 0 Å². The van der Waals surface area contributed by atoms with E-state index in [2.05, 4.69) is 235 Å². The summed E-state index contributed by atoms with van der Waals surface area (Å²) in [4.78, 5) is 5.02. The largest absolute Gasteiger partial charge is 0.441 e. The number of para-hydroxylation sites is 4. The summed E-state index contributed by atoms with van der Waals surface area (Å²) in [7, 11) is 0. The molecule has 0 fully saturated rings. The van der Waals surface area contributed by atoms with Crippen molar-refractivity contribution in [1.29, 1.82) is 0 Å². The molecule has 14 rings (SSSR count). The lowest BCUT2D eigenvalue weighted by molar-refractivity contribution is 0.590. The fraction of sp³-hybridized carbons (Fsp3) is 0.0667. The number of rotatable bonds is 5. The second-order valence-corrected chi connectivity index (χ2v) is 19.9. The quantitative estimate of drug-likeness (QED) is 0.161. The highest BCUT2D eigenvalue weighted by atomic mass is 32.1. The molecule has 0 saturated heterocycles. The third-order valence-corrected chi connectivity index (χ3v) is 15.2. The Morgan fingerprint density at radius 2 is 1.15 bits per heavy atom. The number of anilines is 6.